The summed E-state index contributed by atoms with van der Waals surface area (Å²) in [6, 6.07) is 0. The molecule has 0 fully saturated rings. The number of amidine groups is 1. The Morgan fingerprint density at radius 1 is 1.88 bits per heavy atom. The molecule has 3 nitrogen and oxygen atoms in total. The molecule has 0 heterocycles. The van der Waals surface area contributed by atoms with Gasteiger partial charge in [0.1, 0.15) is 0 Å². The van der Waals surface area contributed by atoms with Gasteiger partial charge in [0.05, 0.1) is 0 Å². The van der Waals surface area contributed by atoms with Crippen LogP contribution in [0.25, 0.3) is 0 Å². The van der Waals surface area contributed by atoms with Crippen molar-refractivity contribution in [1.29, 1.82) is 5.41 Å². The highest BCUT2D eigenvalue weighted by atomic mass is 127. The molecule has 0 aliphatic heterocycles. The zero-order chi connectivity index (χ0) is 6.41. The number of hydrogen-bond acceptors (Lipinski definition) is 3. The second kappa shape index (κ2) is 5.64. The standard InChI is InChI=1S/C3H8IN3S/c4-7-1-2-8-3(5)6/h7H,1-2H2,(H3,5,6). The van der Waals surface area contributed by atoms with E-state index in [1.54, 1.807) is 0 Å². The van der Waals surface area contributed by atoms with Crippen molar-refractivity contribution in [1.82, 2.24) is 3.53 Å². The molecule has 0 atom stereocenters. The lowest BCUT2D eigenvalue weighted by Crippen LogP contribution is -2.09. The maximum atomic E-state index is 6.78. The van der Waals surface area contributed by atoms with Gasteiger partial charge in [-0.3, -0.25) is 8.94 Å². The molecule has 0 aliphatic carbocycles. The zero-order valence-electron chi connectivity index (χ0n) is 4.28. The van der Waals surface area contributed by atoms with Gasteiger partial charge in [-0.25, -0.2) is 0 Å². The first-order valence-electron chi connectivity index (χ1n) is 2.07. The Hall–Kier alpha value is 0.510. The Bertz CT molecular complexity index is 76.9. The fraction of sp³-hybridized carbons (Fsp3) is 0.667. The van der Waals surface area contributed by atoms with E-state index in [-0.39, 0.29) is 5.17 Å². The van der Waals surface area contributed by atoms with Gasteiger partial charge in [0.15, 0.2) is 5.17 Å². The van der Waals surface area contributed by atoms with E-state index < -0.39 is 0 Å². The number of halogens is 1. The molecule has 0 unspecified atom stereocenters. The van der Waals surface area contributed by atoms with Crippen molar-refractivity contribution in [3.63, 3.8) is 0 Å². The molecule has 0 spiro atoms. The lowest BCUT2D eigenvalue weighted by molar-refractivity contribution is 1.09. The second-order valence-corrected chi connectivity index (χ2v) is 3.00. The van der Waals surface area contributed by atoms with Crippen molar-refractivity contribution in [3.05, 3.63) is 0 Å². The van der Waals surface area contributed by atoms with E-state index in [1.807, 2.05) is 0 Å². The SMILES string of the molecule is N=C(N)SCCNI. The molecule has 0 aromatic rings. The van der Waals surface area contributed by atoms with Crippen LogP contribution in [0.4, 0.5) is 0 Å². The molecule has 0 saturated heterocycles. The van der Waals surface area contributed by atoms with Crippen LogP contribution in [0.5, 0.6) is 0 Å². The Morgan fingerprint density at radius 3 is 2.88 bits per heavy atom. The van der Waals surface area contributed by atoms with Gasteiger partial charge in [0.25, 0.3) is 0 Å². The minimum atomic E-state index is 0.191. The predicted octanol–water partition coefficient (Wildman–Crippen LogP) is 0.553. The Kier molecular flexibility index (Phi) is 6.00. The van der Waals surface area contributed by atoms with Crippen LogP contribution in [-0.4, -0.2) is 17.5 Å². The highest BCUT2D eigenvalue weighted by Gasteiger charge is 1.86. The van der Waals surface area contributed by atoms with Crippen molar-refractivity contribution in [3.8, 4) is 0 Å². The highest BCUT2D eigenvalue weighted by Crippen LogP contribution is 1.94. The molecule has 5 heteroatoms. The van der Waals surface area contributed by atoms with Crippen LogP contribution in [0, 0.1) is 5.41 Å². The minimum absolute atomic E-state index is 0.191. The number of thioether (sulfide) groups is 1. The summed E-state index contributed by atoms with van der Waals surface area (Å²) in [6.45, 7) is 0.894. The molecular formula is C3H8IN3S. The zero-order valence-corrected chi connectivity index (χ0v) is 7.25. The van der Waals surface area contributed by atoms with Gasteiger partial charge in [0, 0.05) is 35.2 Å². The summed E-state index contributed by atoms with van der Waals surface area (Å²) >= 11 is 3.41. The van der Waals surface area contributed by atoms with Gasteiger partial charge in [-0.15, -0.1) is 0 Å². The van der Waals surface area contributed by atoms with E-state index in [0.29, 0.717) is 0 Å². The van der Waals surface area contributed by atoms with Crippen molar-refractivity contribution < 1.29 is 0 Å². The minimum Gasteiger partial charge on any atom is -0.379 e. The molecule has 0 aliphatic rings. The first-order valence-corrected chi connectivity index (χ1v) is 4.14. The average Bonchev–Trinajstić information content (AvgIpc) is 1.66. The van der Waals surface area contributed by atoms with Crippen LogP contribution < -0.4 is 9.26 Å². The molecule has 48 valence electrons. The van der Waals surface area contributed by atoms with Crippen molar-refractivity contribution in [2.75, 3.05) is 12.3 Å². The topological polar surface area (TPSA) is 61.9 Å². The third-order valence-corrected chi connectivity index (χ3v) is 1.71. The van der Waals surface area contributed by atoms with Gasteiger partial charge < -0.3 is 5.73 Å². The van der Waals surface area contributed by atoms with Crippen LogP contribution in [0.1, 0.15) is 0 Å². The summed E-state index contributed by atoms with van der Waals surface area (Å²) in [6.07, 6.45) is 0. The predicted molar refractivity (Wildman–Crippen MR) is 46.4 cm³/mol. The van der Waals surface area contributed by atoms with Gasteiger partial charge in [-0.1, -0.05) is 11.8 Å². The molecule has 0 radical (unpaired) electrons. The van der Waals surface area contributed by atoms with Crippen LogP contribution in [-0.2, 0) is 0 Å². The molecule has 0 saturated carbocycles. The van der Waals surface area contributed by atoms with E-state index in [2.05, 4.69) is 26.4 Å². The molecule has 0 rings (SSSR count). The first kappa shape index (κ1) is 8.51. The van der Waals surface area contributed by atoms with E-state index in [4.69, 9.17) is 11.1 Å². The molecule has 0 aromatic heterocycles. The Balaban J connectivity index is 2.82. The van der Waals surface area contributed by atoms with Gasteiger partial charge >= 0.3 is 0 Å². The maximum Gasteiger partial charge on any atom is 0.151 e. The third kappa shape index (κ3) is 6.51. The third-order valence-electron chi connectivity index (χ3n) is 0.454. The number of nitrogens with one attached hydrogen (secondary N) is 2. The summed E-state index contributed by atoms with van der Waals surface area (Å²) in [5.41, 5.74) is 5.05. The van der Waals surface area contributed by atoms with Crippen LogP contribution in [0.15, 0.2) is 0 Å². The summed E-state index contributed by atoms with van der Waals surface area (Å²) in [4.78, 5) is 0. The van der Waals surface area contributed by atoms with E-state index >= 15 is 0 Å². The van der Waals surface area contributed by atoms with Gasteiger partial charge in [-0.05, 0) is 0 Å². The summed E-state index contributed by atoms with van der Waals surface area (Å²) in [5.74, 6) is 0.873. The molecular weight excluding hydrogens is 237 g/mol. The number of rotatable bonds is 3. The van der Waals surface area contributed by atoms with Crippen molar-refractivity contribution >= 4 is 39.8 Å². The normalized spacial score (nSPS) is 9.12. The quantitative estimate of drug-likeness (QED) is 0.224. The first-order chi connectivity index (χ1) is 3.77. The maximum absolute atomic E-state index is 6.78. The number of nitrogens with two attached hydrogens (primary N) is 1. The van der Waals surface area contributed by atoms with Crippen LogP contribution in [0.3, 0.4) is 0 Å². The van der Waals surface area contributed by atoms with E-state index in [1.165, 1.54) is 11.8 Å². The summed E-state index contributed by atoms with van der Waals surface area (Å²) in [5, 5.41) is 6.97. The fourth-order valence-corrected chi connectivity index (χ4v) is 1.26. The van der Waals surface area contributed by atoms with Crippen LogP contribution in [0.2, 0.25) is 0 Å². The van der Waals surface area contributed by atoms with Crippen LogP contribution >= 0.6 is 34.6 Å². The highest BCUT2D eigenvalue weighted by molar-refractivity contribution is 14.1. The lowest BCUT2D eigenvalue weighted by atomic mass is 10.8. The Labute approximate surface area is 66.8 Å². The number of hydrogen-bond donors (Lipinski definition) is 3. The molecule has 4 N–H and O–H groups in total. The fourth-order valence-electron chi connectivity index (χ4n) is 0.200. The summed E-state index contributed by atoms with van der Waals surface area (Å²) < 4.78 is 2.92. The largest absolute Gasteiger partial charge is 0.379 e. The Morgan fingerprint density at radius 2 is 2.50 bits per heavy atom. The molecule has 0 amide bonds. The van der Waals surface area contributed by atoms with Crippen molar-refractivity contribution in [2.24, 2.45) is 5.73 Å². The summed E-state index contributed by atoms with van der Waals surface area (Å²) in [7, 11) is 0. The van der Waals surface area contributed by atoms with Crippen molar-refractivity contribution in [2.45, 2.75) is 0 Å². The average molecular weight is 245 g/mol. The van der Waals surface area contributed by atoms with Gasteiger partial charge in [-0.2, -0.15) is 0 Å². The smallest absolute Gasteiger partial charge is 0.151 e. The molecule has 8 heavy (non-hydrogen) atoms. The van der Waals surface area contributed by atoms with Gasteiger partial charge in [0.2, 0.25) is 0 Å². The van der Waals surface area contributed by atoms with E-state index in [9.17, 15) is 0 Å². The molecule has 0 bridgehead atoms. The molecule has 0 aromatic carbocycles. The monoisotopic (exact) mass is 245 g/mol. The second-order valence-electron chi connectivity index (χ2n) is 1.10. The van der Waals surface area contributed by atoms with E-state index in [0.717, 1.165) is 12.3 Å². The lowest BCUT2D eigenvalue weighted by Gasteiger charge is -1.93.